The monoisotopic (exact) mass is 180 g/mol. The fourth-order valence-electron chi connectivity index (χ4n) is 2.29. The predicted molar refractivity (Wildman–Crippen MR) is 59.7 cm³/mol. The lowest BCUT2D eigenvalue weighted by atomic mass is 9.71. The van der Waals surface area contributed by atoms with E-state index < -0.39 is 0 Å². The molecular weight excluding hydrogens is 156 g/mol. The summed E-state index contributed by atoms with van der Waals surface area (Å²) >= 11 is 0. The highest BCUT2D eigenvalue weighted by molar-refractivity contribution is 4.83. The molecule has 1 saturated carbocycles. The van der Waals surface area contributed by atoms with E-state index in [4.69, 9.17) is 0 Å². The molecule has 0 N–H and O–H groups in total. The van der Waals surface area contributed by atoms with Gasteiger partial charge in [0.1, 0.15) is 0 Å². The van der Waals surface area contributed by atoms with Gasteiger partial charge in [0.15, 0.2) is 0 Å². The van der Waals surface area contributed by atoms with Crippen molar-refractivity contribution in [1.82, 2.24) is 0 Å². The SMILES string of the molecule is C=CCC(CC(C)CC)C1CCC1. The lowest BCUT2D eigenvalue weighted by molar-refractivity contribution is 0.177. The Morgan fingerprint density at radius 3 is 2.54 bits per heavy atom. The second-order valence-electron chi connectivity index (χ2n) is 4.72. The fraction of sp³-hybridized carbons (Fsp3) is 0.846. The first-order valence-electron chi connectivity index (χ1n) is 5.88. The average Bonchev–Trinajstić information content (AvgIpc) is 2.01. The molecule has 13 heavy (non-hydrogen) atoms. The van der Waals surface area contributed by atoms with Crippen molar-refractivity contribution in [3.8, 4) is 0 Å². The number of hydrogen-bond acceptors (Lipinski definition) is 0. The summed E-state index contributed by atoms with van der Waals surface area (Å²) in [6.07, 6.45) is 10.6. The van der Waals surface area contributed by atoms with E-state index >= 15 is 0 Å². The van der Waals surface area contributed by atoms with Gasteiger partial charge >= 0.3 is 0 Å². The van der Waals surface area contributed by atoms with E-state index in [-0.39, 0.29) is 0 Å². The predicted octanol–water partition coefficient (Wildman–Crippen LogP) is 4.42. The highest BCUT2D eigenvalue weighted by Gasteiger charge is 2.26. The summed E-state index contributed by atoms with van der Waals surface area (Å²) in [5.41, 5.74) is 0. The zero-order valence-corrected chi connectivity index (χ0v) is 9.26. The third-order valence-corrected chi connectivity index (χ3v) is 3.69. The standard InChI is InChI=1S/C13H24/c1-4-7-13(10-11(3)5-2)12-8-6-9-12/h4,11-13H,1,5-10H2,2-3H3. The highest BCUT2D eigenvalue weighted by atomic mass is 14.3. The van der Waals surface area contributed by atoms with E-state index in [9.17, 15) is 0 Å². The van der Waals surface area contributed by atoms with Crippen LogP contribution in [-0.2, 0) is 0 Å². The third kappa shape index (κ3) is 3.17. The molecular formula is C13H24. The normalized spacial score (nSPS) is 22.0. The summed E-state index contributed by atoms with van der Waals surface area (Å²) in [5, 5.41) is 0. The van der Waals surface area contributed by atoms with Crippen LogP contribution in [0.3, 0.4) is 0 Å². The topological polar surface area (TPSA) is 0 Å². The highest BCUT2D eigenvalue weighted by Crippen LogP contribution is 2.38. The molecule has 0 bridgehead atoms. The second-order valence-corrected chi connectivity index (χ2v) is 4.72. The zero-order valence-electron chi connectivity index (χ0n) is 9.26. The number of hydrogen-bond donors (Lipinski definition) is 0. The summed E-state index contributed by atoms with van der Waals surface area (Å²) in [4.78, 5) is 0. The molecule has 0 heteroatoms. The van der Waals surface area contributed by atoms with Crippen molar-refractivity contribution in [2.75, 3.05) is 0 Å². The average molecular weight is 180 g/mol. The minimum absolute atomic E-state index is 0.908. The van der Waals surface area contributed by atoms with Crippen molar-refractivity contribution in [1.29, 1.82) is 0 Å². The number of allylic oxidation sites excluding steroid dienone is 1. The van der Waals surface area contributed by atoms with E-state index in [2.05, 4.69) is 26.5 Å². The van der Waals surface area contributed by atoms with Gasteiger partial charge < -0.3 is 0 Å². The zero-order chi connectivity index (χ0) is 9.68. The molecule has 0 aromatic rings. The van der Waals surface area contributed by atoms with E-state index in [1.54, 1.807) is 0 Å². The molecule has 0 amide bonds. The summed E-state index contributed by atoms with van der Waals surface area (Å²) in [7, 11) is 0. The molecule has 0 aromatic carbocycles. The van der Waals surface area contributed by atoms with Crippen LogP contribution in [0.5, 0.6) is 0 Å². The molecule has 1 aliphatic rings. The van der Waals surface area contributed by atoms with E-state index in [1.807, 2.05) is 0 Å². The van der Waals surface area contributed by atoms with Gasteiger partial charge in [-0.25, -0.2) is 0 Å². The molecule has 76 valence electrons. The molecule has 0 saturated heterocycles. The molecule has 0 aliphatic heterocycles. The summed E-state index contributed by atoms with van der Waals surface area (Å²) in [5.74, 6) is 2.89. The Morgan fingerprint density at radius 2 is 2.15 bits per heavy atom. The summed E-state index contributed by atoms with van der Waals surface area (Å²) in [6.45, 7) is 8.56. The van der Waals surface area contributed by atoms with Gasteiger partial charge in [-0.1, -0.05) is 45.6 Å². The van der Waals surface area contributed by atoms with Crippen LogP contribution in [0.4, 0.5) is 0 Å². The smallest absolute Gasteiger partial charge is 0.0322 e. The molecule has 1 rings (SSSR count). The Morgan fingerprint density at radius 1 is 1.46 bits per heavy atom. The van der Waals surface area contributed by atoms with Crippen molar-refractivity contribution in [2.24, 2.45) is 17.8 Å². The first-order valence-corrected chi connectivity index (χ1v) is 5.88. The van der Waals surface area contributed by atoms with Crippen molar-refractivity contribution in [3.63, 3.8) is 0 Å². The fourth-order valence-corrected chi connectivity index (χ4v) is 2.29. The quantitative estimate of drug-likeness (QED) is 0.531. The van der Waals surface area contributed by atoms with E-state index in [1.165, 1.54) is 38.5 Å². The maximum atomic E-state index is 3.87. The Hall–Kier alpha value is -0.260. The Bertz CT molecular complexity index is 144. The summed E-state index contributed by atoms with van der Waals surface area (Å²) in [6, 6.07) is 0. The third-order valence-electron chi connectivity index (χ3n) is 3.69. The number of rotatable bonds is 6. The molecule has 1 aliphatic carbocycles. The molecule has 1 fully saturated rings. The Labute approximate surface area is 83.4 Å². The van der Waals surface area contributed by atoms with Crippen LogP contribution in [0.25, 0.3) is 0 Å². The molecule has 2 atom stereocenters. The Kier molecular flexibility index (Phi) is 4.55. The molecule has 0 nitrogen and oxygen atoms in total. The second kappa shape index (κ2) is 5.47. The summed E-state index contributed by atoms with van der Waals surface area (Å²) < 4.78 is 0. The van der Waals surface area contributed by atoms with Crippen LogP contribution in [-0.4, -0.2) is 0 Å². The van der Waals surface area contributed by atoms with Crippen LogP contribution in [0, 0.1) is 17.8 Å². The van der Waals surface area contributed by atoms with Gasteiger partial charge in [0.2, 0.25) is 0 Å². The molecule has 0 heterocycles. The van der Waals surface area contributed by atoms with Crippen LogP contribution in [0.15, 0.2) is 12.7 Å². The van der Waals surface area contributed by atoms with Gasteiger partial charge in [-0.15, -0.1) is 6.58 Å². The van der Waals surface area contributed by atoms with Gasteiger partial charge in [0.25, 0.3) is 0 Å². The minimum atomic E-state index is 0.908. The molecule has 2 unspecified atom stereocenters. The first-order chi connectivity index (χ1) is 6.27. The van der Waals surface area contributed by atoms with Gasteiger partial charge in [-0.2, -0.15) is 0 Å². The lowest BCUT2D eigenvalue weighted by Gasteiger charge is -2.34. The van der Waals surface area contributed by atoms with Crippen LogP contribution in [0.1, 0.15) is 52.4 Å². The molecule has 0 aromatic heterocycles. The van der Waals surface area contributed by atoms with Crippen molar-refractivity contribution >= 4 is 0 Å². The maximum absolute atomic E-state index is 3.87. The first kappa shape index (κ1) is 10.8. The maximum Gasteiger partial charge on any atom is -0.0322 e. The molecule has 0 spiro atoms. The van der Waals surface area contributed by atoms with Crippen molar-refractivity contribution < 1.29 is 0 Å². The van der Waals surface area contributed by atoms with Crippen LogP contribution in [0.2, 0.25) is 0 Å². The largest absolute Gasteiger partial charge is 0.103 e. The minimum Gasteiger partial charge on any atom is -0.103 e. The van der Waals surface area contributed by atoms with Gasteiger partial charge in [0, 0.05) is 0 Å². The van der Waals surface area contributed by atoms with Gasteiger partial charge in [-0.05, 0) is 30.6 Å². The lowest BCUT2D eigenvalue weighted by Crippen LogP contribution is -2.23. The van der Waals surface area contributed by atoms with Gasteiger partial charge in [-0.3, -0.25) is 0 Å². The Balaban J connectivity index is 2.32. The van der Waals surface area contributed by atoms with Gasteiger partial charge in [0.05, 0.1) is 0 Å². The van der Waals surface area contributed by atoms with Crippen LogP contribution < -0.4 is 0 Å². The van der Waals surface area contributed by atoms with E-state index in [0.717, 1.165) is 17.8 Å². The molecule has 0 radical (unpaired) electrons. The van der Waals surface area contributed by atoms with Crippen molar-refractivity contribution in [2.45, 2.75) is 52.4 Å². The van der Waals surface area contributed by atoms with Crippen molar-refractivity contribution in [3.05, 3.63) is 12.7 Å². The van der Waals surface area contributed by atoms with Crippen LogP contribution >= 0.6 is 0 Å². The van der Waals surface area contributed by atoms with E-state index in [0.29, 0.717) is 0 Å².